The van der Waals surface area contributed by atoms with E-state index in [1.807, 2.05) is 51.1 Å². The molecule has 0 aliphatic carbocycles. The summed E-state index contributed by atoms with van der Waals surface area (Å²) < 4.78 is 29.1. The van der Waals surface area contributed by atoms with Gasteiger partial charge < -0.3 is 10.2 Å². The molecule has 1 atom stereocenters. The van der Waals surface area contributed by atoms with Gasteiger partial charge in [0.1, 0.15) is 12.6 Å². The number of amides is 2. The Hall–Kier alpha value is -3.56. The van der Waals surface area contributed by atoms with Crippen molar-refractivity contribution in [2.24, 2.45) is 0 Å². The van der Waals surface area contributed by atoms with E-state index in [-0.39, 0.29) is 23.5 Å². The number of sulfonamides is 1. The minimum absolute atomic E-state index is 0.00946. The van der Waals surface area contributed by atoms with Crippen LogP contribution < -0.4 is 9.62 Å². The Morgan fingerprint density at radius 3 is 1.96 bits per heavy atom. The standard InChI is InChI=1S/C34H34Cl3N3O4S/c1-34(2,3)38-33(42)31(20-24-12-6-4-7-13-24)39(22-28-29(36)18-11-19-30(28)37)32(41)23-40(26-15-10-14-25(35)21-26)45(43,44)27-16-8-5-9-17-27/h4-19,21,31H,20,22-23H2,1-3H3,(H,38,42)/t31-/m0/s1. The number of hydrogen-bond donors (Lipinski definition) is 1. The van der Waals surface area contributed by atoms with Crippen LogP contribution in [0.15, 0.2) is 108 Å². The van der Waals surface area contributed by atoms with E-state index in [0.717, 1.165) is 9.87 Å². The zero-order valence-corrected chi connectivity index (χ0v) is 28.2. The predicted molar refractivity (Wildman–Crippen MR) is 181 cm³/mol. The molecule has 0 unspecified atom stereocenters. The summed E-state index contributed by atoms with van der Waals surface area (Å²) in [6.45, 7) is 4.74. The quantitative estimate of drug-likeness (QED) is 0.178. The van der Waals surface area contributed by atoms with E-state index in [1.54, 1.807) is 54.6 Å². The number of hydrogen-bond acceptors (Lipinski definition) is 4. The second kappa shape index (κ2) is 14.7. The predicted octanol–water partition coefficient (Wildman–Crippen LogP) is 7.40. The van der Waals surface area contributed by atoms with Crippen LogP contribution in [0.1, 0.15) is 31.9 Å². The summed E-state index contributed by atoms with van der Waals surface area (Å²) in [5.74, 6) is -1.06. The maximum absolute atomic E-state index is 14.5. The smallest absolute Gasteiger partial charge is 0.264 e. The molecule has 0 bridgehead atoms. The van der Waals surface area contributed by atoms with Crippen molar-refractivity contribution in [2.45, 2.75) is 50.2 Å². The van der Waals surface area contributed by atoms with Gasteiger partial charge >= 0.3 is 0 Å². The molecule has 0 saturated carbocycles. The molecule has 11 heteroatoms. The molecule has 4 aromatic carbocycles. The van der Waals surface area contributed by atoms with Crippen LogP contribution in [0, 0.1) is 0 Å². The van der Waals surface area contributed by atoms with Crippen molar-refractivity contribution in [3.63, 3.8) is 0 Å². The topological polar surface area (TPSA) is 86.8 Å². The van der Waals surface area contributed by atoms with Crippen molar-refractivity contribution in [1.82, 2.24) is 10.2 Å². The van der Waals surface area contributed by atoms with Crippen LogP contribution in [0.4, 0.5) is 5.69 Å². The first-order valence-corrected chi connectivity index (χ1v) is 16.8. The molecule has 0 radical (unpaired) electrons. The SMILES string of the molecule is CC(C)(C)NC(=O)[C@H](Cc1ccccc1)N(Cc1c(Cl)cccc1Cl)C(=O)CN(c1cccc(Cl)c1)S(=O)(=O)c1ccccc1. The average Bonchev–Trinajstić information content (AvgIpc) is 2.99. The van der Waals surface area contributed by atoms with Gasteiger partial charge in [-0.15, -0.1) is 0 Å². The molecule has 0 aliphatic heterocycles. The zero-order chi connectivity index (χ0) is 32.8. The van der Waals surface area contributed by atoms with Crippen molar-refractivity contribution in [2.75, 3.05) is 10.8 Å². The van der Waals surface area contributed by atoms with Crippen molar-refractivity contribution in [3.8, 4) is 0 Å². The van der Waals surface area contributed by atoms with Crippen molar-refractivity contribution in [3.05, 3.63) is 129 Å². The zero-order valence-electron chi connectivity index (χ0n) is 25.1. The van der Waals surface area contributed by atoms with Crippen LogP contribution in [0.25, 0.3) is 0 Å². The van der Waals surface area contributed by atoms with Crippen molar-refractivity contribution >= 4 is 62.3 Å². The Balaban J connectivity index is 1.85. The molecular formula is C34H34Cl3N3O4S. The fourth-order valence-corrected chi connectivity index (χ4v) is 6.87. The third-order valence-corrected chi connectivity index (χ3v) is 9.60. The Morgan fingerprint density at radius 2 is 1.38 bits per heavy atom. The summed E-state index contributed by atoms with van der Waals surface area (Å²) in [6.07, 6.45) is 0.152. The number of rotatable bonds is 11. The number of carbonyl (C=O) groups is 2. The van der Waals surface area contributed by atoms with Crippen LogP contribution in [0.3, 0.4) is 0 Å². The lowest BCUT2D eigenvalue weighted by atomic mass is 10.0. The summed E-state index contributed by atoms with van der Waals surface area (Å²) in [7, 11) is -4.25. The molecule has 0 aromatic heterocycles. The van der Waals surface area contributed by atoms with Crippen LogP contribution in [0.2, 0.25) is 15.1 Å². The molecule has 4 aromatic rings. The second-order valence-electron chi connectivity index (χ2n) is 11.5. The molecule has 0 heterocycles. The molecule has 2 amide bonds. The van der Waals surface area contributed by atoms with Gasteiger partial charge in [-0.1, -0.05) is 95.5 Å². The van der Waals surface area contributed by atoms with E-state index >= 15 is 0 Å². The minimum Gasteiger partial charge on any atom is -0.350 e. The molecule has 236 valence electrons. The minimum atomic E-state index is -4.25. The van der Waals surface area contributed by atoms with E-state index in [9.17, 15) is 18.0 Å². The molecule has 0 spiro atoms. The summed E-state index contributed by atoms with van der Waals surface area (Å²) in [4.78, 5) is 29.8. The number of nitrogens with one attached hydrogen (secondary N) is 1. The van der Waals surface area contributed by atoms with Crippen LogP contribution >= 0.6 is 34.8 Å². The maximum atomic E-state index is 14.5. The van der Waals surface area contributed by atoms with Crippen LogP contribution in [0.5, 0.6) is 0 Å². The number of benzene rings is 4. The second-order valence-corrected chi connectivity index (χ2v) is 14.6. The third-order valence-electron chi connectivity index (χ3n) is 6.87. The van der Waals surface area contributed by atoms with Gasteiger partial charge in [-0.25, -0.2) is 8.42 Å². The maximum Gasteiger partial charge on any atom is 0.264 e. The first-order valence-electron chi connectivity index (χ1n) is 14.2. The molecular weight excluding hydrogens is 653 g/mol. The van der Waals surface area contributed by atoms with E-state index < -0.39 is 40.0 Å². The highest BCUT2D eigenvalue weighted by Gasteiger charge is 2.36. The monoisotopic (exact) mass is 685 g/mol. The summed E-state index contributed by atoms with van der Waals surface area (Å²) in [6, 6.07) is 27.2. The Labute approximate surface area is 279 Å². The lowest BCUT2D eigenvalue weighted by Crippen LogP contribution is -2.56. The van der Waals surface area contributed by atoms with E-state index in [1.165, 1.54) is 23.1 Å². The van der Waals surface area contributed by atoms with E-state index in [4.69, 9.17) is 34.8 Å². The van der Waals surface area contributed by atoms with E-state index in [2.05, 4.69) is 5.32 Å². The number of carbonyl (C=O) groups excluding carboxylic acids is 2. The highest BCUT2D eigenvalue weighted by molar-refractivity contribution is 7.92. The number of anilines is 1. The first kappa shape index (κ1) is 34.3. The molecule has 1 N–H and O–H groups in total. The average molecular weight is 687 g/mol. The van der Waals surface area contributed by atoms with Gasteiger partial charge in [-0.2, -0.15) is 0 Å². The lowest BCUT2D eigenvalue weighted by molar-refractivity contribution is -0.140. The van der Waals surface area contributed by atoms with Gasteiger partial charge in [-0.05, 0) is 68.8 Å². The molecule has 7 nitrogen and oxygen atoms in total. The third kappa shape index (κ3) is 9.01. The van der Waals surface area contributed by atoms with Gasteiger partial charge in [0, 0.05) is 39.1 Å². The summed E-state index contributed by atoms with van der Waals surface area (Å²) >= 11 is 19.4. The highest BCUT2D eigenvalue weighted by atomic mass is 35.5. The molecule has 45 heavy (non-hydrogen) atoms. The van der Waals surface area contributed by atoms with Gasteiger partial charge in [0.15, 0.2) is 0 Å². The van der Waals surface area contributed by atoms with Crippen LogP contribution in [-0.4, -0.2) is 43.3 Å². The fraction of sp³-hybridized carbons (Fsp3) is 0.235. The Kier molecular flexibility index (Phi) is 11.2. The normalized spacial score (nSPS) is 12.3. The number of halogens is 3. The molecule has 0 saturated heterocycles. The number of nitrogens with zero attached hydrogens (tertiary/aromatic N) is 2. The first-order chi connectivity index (χ1) is 21.3. The van der Waals surface area contributed by atoms with Crippen LogP contribution in [-0.2, 0) is 32.6 Å². The van der Waals surface area contributed by atoms with Gasteiger partial charge in [-0.3, -0.25) is 13.9 Å². The van der Waals surface area contributed by atoms with Crippen molar-refractivity contribution in [1.29, 1.82) is 0 Å². The summed E-state index contributed by atoms with van der Waals surface area (Å²) in [5.41, 5.74) is 0.801. The largest absolute Gasteiger partial charge is 0.350 e. The highest BCUT2D eigenvalue weighted by Crippen LogP contribution is 2.30. The van der Waals surface area contributed by atoms with Gasteiger partial charge in [0.25, 0.3) is 10.0 Å². The summed E-state index contributed by atoms with van der Waals surface area (Å²) in [5, 5.41) is 3.89. The molecule has 0 aliphatic rings. The molecule has 0 fully saturated rings. The lowest BCUT2D eigenvalue weighted by Gasteiger charge is -2.35. The van der Waals surface area contributed by atoms with Crippen molar-refractivity contribution < 1.29 is 18.0 Å². The van der Waals surface area contributed by atoms with Gasteiger partial charge in [0.2, 0.25) is 11.8 Å². The fourth-order valence-electron chi connectivity index (χ4n) is 4.74. The Bertz CT molecular complexity index is 1730. The molecule has 4 rings (SSSR count). The van der Waals surface area contributed by atoms with E-state index in [0.29, 0.717) is 20.6 Å². The Morgan fingerprint density at radius 1 is 0.800 bits per heavy atom. The van der Waals surface area contributed by atoms with Gasteiger partial charge in [0.05, 0.1) is 10.6 Å².